The van der Waals surface area contributed by atoms with Gasteiger partial charge in [0.15, 0.2) is 5.13 Å². The quantitative estimate of drug-likeness (QED) is 0.450. The number of aromatic nitrogens is 1. The van der Waals surface area contributed by atoms with Gasteiger partial charge in [0.25, 0.3) is 0 Å². The molecule has 0 radical (unpaired) electrons. The van der Waals surface area contributed by atoms with E-state index in [1.807, 2.05) is 6.07 Å². The molecule has 2 aliphatic rings. The van der Waals surface area contributed by atoms with Crippen molar-refractivity contribution in [3.8, 4) is 11.3 Å². The van der Waals surface area contributed by atoms with E-state index in [-0.39, 0.29) is 0 Å². The van der Waals surface area contributed by atoms with Crippen molar-refractivity contribution in [2.75, 3.05) is 30.3 Å². The van der Waals surface area contributed by atoms with Crippen LogP contribution in [0.2, 0.25) is 5.02 Å². The fourth-order valence-corrected chi connectivity index (χ4v) is 4.93. The largest absolute Gasteiger partial charge is 0.380 e. The Morgan fingerprint density at radius 1 is 1.03 bits per heavy atom. The molecule has 3 aromatic rings. The molecule has 0 amide bonds. The van der Waals surface area contributed by atoms with Gasteiger partial charge in [-0.15, -0.1) is 11.3 Å². The lowest BCUT2D eigenvalue weighted by molar-refractivity contribution is 0.711. The van der Waals surface area contributed by atoms with Crippen molar-refractivity contribution in [3.05, 3.63) is 63.5 Å². The zero-order valence-electron chi connectivity index (χ0n) is 17.0. The smallest absolute Gasteiger partial charge is 0.183 e. The Hall–Kier alpha value is -2.08. The van der Waals surface area contributed by atoms with Crippen molar-refractivity contribution in [1.29, 1.82) is 0 Å². The van der Waals surface area contributed by atoms with Gasteiger partial charge in [0.05, 0.1) is 16.4 Å². The minimum atomic E-state index is 0.759. The first-order valence-electron chi connectivity index (χ1n) is 10.8. The number of rotatable bonds is 7. The van der Waals surface area contributed by atoms with Crippen LogP contribution < -0.4 is 16.0 Å². The van der Waals surface area contributed by atoms with E-state index in [4.69, 9.17) is 16.6 Å². The minimum Gasteiger partial charge on any atom is -0.380 e. The van der Waals surface area contributed by atoms with Crippen LogP contribution >= 0.6 is 22.9 Å². The molecule has 1 saturated carbocycles. The number of hydrogen-bond acceptors (Lipinski definition) is 5. The fraction of sp³-hybridized carbons (Fsp3) is 0.375. The maximum Gasteiger partial charge on any atom is 0.183 e. The normalized spacial score (nSPS) is 16.0. The predicted octanol–water partition coefficient (Wildman–Crippen LogP) is 5.59. The molecule has 1 fully saturated rings. The van der Waals surface area contributed by atoms with Crippen LogP contribution in [0.3, 0.4) is 0 Å². The molecule has 4 nitrogen and oxygen atoms in total. The summed E-state index contributed by atoms with van der Waals surface area (Å²) in [6, 6.07) is 12.9. The maximum absolute atomic E-state index is 6.54. The summed E-state index contributed by atoms with van der Waals surface area (Å²) in [5.74, 6) is 0.855. The van der Waals surface area contributed by atoms with Gasteiger partial charge in [-0.3, -0.25) is 0 Å². The van der Waals surface area contributed by atoms with Crippen molar-refractivity contribution in [3.63, 3.8) is 0 Å². The van der Waals surface area contributed by atoms with Crippen molar-refractivity contribution in [1.82, 2.24) is 10.3 Å². The third kappa shape index (κ3) is 4.64. The number of anilines is 2. The van der Waals surface area contributed by atoms with Crippen LogP contribution in [-0.2, 0) is 19.4 Å². The average Bonchev–Trinajstić information content (AvgIpc) is 3.53. The molecule has 2 heterocycles. The summed E-state index contributed by atoms with van der Waals surface area (Å²) in [5.41, 5.74) is 7.29. The van der Waals surface area contributed by atoms with Crippen LogP contribution in [0.25, 0.3) is 11.3 Å². The van der Waals surface area contributed by atoms with Crippen molar-refractivity contribution >= 4 is 33.8 Å². The highest BCUT2D eigenvalue weighted by Gasteiger charge is 2.21. The third-order valence-corrected chi connectivity index (χ3v) is 7.06. The Bertz CT molecular complexity index is 1010. The number of thiazole rings is 1. The molecule has 1 aliphatic heterocycles. The molecule has 0 spiro atoms. The van der Waals surface area contributed by atoms with Crippen LogP contribution in [0, 0.1) is 5.92 Å². The summed E-state index contributed by atoms with van der Waals surface area (Å²) >= 11 is 8.23. The van der Waals surface area contributed by atoms with Crippen molar-refractivity contribution in [2.45, 2.75) is 32.2 Å². The van der Waals surface area contributed by atoms with E-state index >= 15 is 0 Å². The summed E-state index contributed by atoms with van der Waals surface area (Å²) in [6.07, 6.45) is 4.78. The molecule has 156 valence electrons. The Labute approximate surface area is 187 Å². The molecule has 1 aliphatic carbocycles. The van der Waals surface area contributed by atoms with Gasteiger partial charge >= 0.3 is 0 Å². The molecular formula is C24H27ClN4S. The van der Waals surface area contributed by atoms with Gasteiger partial charge in [0, 0.05) is 24.0 Å². The van der Waals surface area contributed by atoms with Crippen LogP contribution in [0.15, 0.2) is 41.8 Å². The molecule has 6 heteroatoms. The number of hydrogen-bond donors (Lipinski definition) is 3. The Morgan fingerprint density at radius 3 is 2.70 bits per heavy atom. The zero-order chi connectivity index (χ0) is 20.3. The molecule has 5 rings (SSSR count). The van der Waals surface area contributed by atoms with Gasteiger partial charge in [-0.05, 0) is 67.4 Å². The van der Waals surface area contributed by atoms with Crippen LogP contribution in [-0.4, -0.2) is 24.6 Å². The Morgan fingerprint density at radius 2 is 1.87 bits per heavy atom. The van der Waals surface area contributed by atoms with Gasteiger partial charge in [0.2, 0.25) is 0 Å². The van der Waals surface area contributed by atoms with E-state index in [0.29, 0.717) is 0 Å². The van der Waals surface area contributed by atoms with Crippen LogP contribution in [0.1, 0.15) is 29.5 Å². The highest BCUT2D eigenvalue weighted by atomic mass is 35.5. The standard InChI is InChI=1S/C24H27ClN4S/c25-21-8-7-18-9-11-26-12-10-20(18)23(21)27-13-17-3-5-19(6-4-17)22-15-30-24(29-22)28-14-16-1-2-16/h3-8,15-16,26-27H,1-2,9-14H2,(H,28,29). The monoisotopic (exact) mass is 438 g/mol. The van der Waals surface area contributed by atoms with E-state index < -0.39 is 0 Å². The second-order valence-electron chi connectivity index (χ2n) is 8.22. The predicted molar refractivity (Wildman–Crippen MR) is 128 cm³/mol. The molecule has 30 heavy (non-hydrogen) atoms. The van der Waals surface area contributed by atoms with E-state index in [2.05, 4.69) is 51.7 Å². The first kappa shape index (κ1) is 19.9. The number of fused-ring (bicyclic) bond motifs is 1. The first-order valence-corrected chi connectivity index (χ1v) is 12.1. The molecule has 0 atom stereocenters. The lowest BCUT2D eigenvalue weighted by Crippen LogP contribution is -2.16. The topological polar surface area (TPSA) is 49.0 Å². The molecule has 0 unspecified atom stereocenters. The molecule has 3 N–H and O–H groups in total. The van der Waals surface area contributed by atoms with Gasteiger partial charge in [-0.1, -0.05) is 41.9 Å². The maximum atomic E-state index is 6.54. The second kappa shape index (κ2) is 8.96. The Balaban J connectivity index is 1.25. The van der Waals surface area contributed by atoms with Gasteiger partial charge in [0.1, 0.15) is 0 Å². The minimum absolute atomic E-state index is 0.759. The first-order chi connectivity index (χ1) is 14.8. The van der Waals surface area contributed by atoms with Crippen LogP contribution in [0.5, 0.6) is 0 Å². The number of halogens is 1. The zero-order valence-corrected chi connectivity index (χ0v) is 18.6. The fourth-order valence-electron chi connectivity index (χ4n) is 3.96. The molecule has 0 saturated heterocycles. The van der Waals surface area contributed by atoms with Gasteiger partial charge < -0.3 is 16.0 Å². The van der Waals surface area contributed by atoms with Crippen LogP contribution in [0.4, 0.5) is 10.8 Å². The summed E-state index contributed by atoms with van der Waals surface area (Å²) in [7, 11) is 0. The second-order valence-corrected chi connectivity index (χ2v) is 9.49. The average molecular weight is 439 g/mol. The number of nitrogens with zero attached hydrogens (tertiary/aromatic N) is 1. The highest BCUT2D eigenvalue weighted by Crippen LogP contribution is 2.32. The van der Waals surface area contributed by atoms with E-state index in [0.717, 1.165) is 72.0 Å². The molecular weight excluding hydrogens is 412 g/mol. The molecule has 1 aromatic heterocycles. The van der Waals surface area contributed by atoms with E-state index in [1.165, 1.54) is 29.5 Å². The number of benzene rings is 2. The highest BCUT2D eigenvalue weighted by molar-refractivity contribution is 7.14. The Kier molecular flexibility index (Phi) is 5.93. The van der Waals surface area contributed by atoms with Gasteiger partial charge in [-0.2, -0.15) is 0 Å². The third-order valence-electron chi connectivity index (χ3n) is 5.94. The van der Waals surface area contributed by atoms with Gasteiger partial charge in [-0.25, -0.2) is 4.98 Å². The number of nitrogens with one attached hydrogen (secondary N) is 3. The summed E-state index contributed by atoms with van der Waals surface area (Å²) < 4.78 is 0. The van der Waals surface area contributed by atoms with Crippen molar-refractivity contribution < 1.29 is 0 Å². The summed E-state index contributed by atoms with van der Waals surface area (Å²) in [6.45, 7) is 3.85. The lowest BCUT2D eigenvalue weighted by Gasteiger charge is -2.16. The molecule has 0 bridgehead atoms. The van der Waals surface area contributed by atoms with E-state index in [1.54, 1.807) is 11.3 Å². The summed E-state index contributed by atoms with van der Waals surface area (Å²) in [4.78, 5) is 4.74. The van der Waals surface area contributed by atoms with Crippen molar-refractivity contribution in [2.24, 2.45) is 5.92 Å². The summed E-state index contributed by atoms with van der Waals surface area (Å²) in [5, 5.41) is 14.5. The van der Waals surface area contributed by atoms with E-state index in [9.17, 15) is 0 Å². The molecule has 2 aromatic carbocycles. The SMILES string of the molecule is Clc1ccc2c(c1NCc1ccc(-c3csc(NCC4CC4)n3)cc1)CCNCC2. The lowest BCUT2D eigenvalue weighted by atomic mass is 10.0.